The van der Waals surface area contributed by atoms with Crippen LogP contribution in [0.2, 0.25) is 0 Å². The van der Waals surface area contributed by atoms with Gasteiger partial charge >= 0.3 is 5.97 Å². The zero-order valence-electron chi connectivity index (χ0n) is 23.6. The van der Waals surface area contributed by atoms with Gasteiger partial charge in [-0.1, -0.05) is 31.0 Å². The number of hydrogen-bond acceptors (Lipinski definition) is 9. The number of benzene rings is 2. The Kier molecular flexibility index (Phi) is 15.3. The molecule has 2 aromatic carbocycles. The molecule has 0 radical (unpaired) electrons. The maximum absolute atomic E-state index is 12.2. The van der Waals surface area contributed by atoms with Gasteiger partial charge in [-0.2, -0.15) is 0 Å². The van der Waals surface area contributed by atoms with Crippen LogP contribution in [-0.2, 0) is 42.1 Å². The topological polar surface area (TPSA) is 177 Å². The van der Waals surface area contributed by atoms with Crippen LogP contribution < -0.4 is 15.8 Å². The molecule has 228 valence electrons. The number of unbranched alkanes of at least 4 members (excludes halogenated alkanes) is 4. The van der Waals surface area contributed by atoms with E-state index in [-0.39, 0.29) is 17.3 Å². The molecule has 0 saturated heterocycles. The maximum Gasteiger partial charge on any atom is 0.302 e. The third kappa shape index (κ3) is 13.9. The number of carbonyl (C=O) groups excluding carboxylic acids is 2. The summed E-state index contributed by atoms with van der Waals surface area (Å²) in [5.41, 5.74) is 7.01. The Morgan fingerprint density at radius 2 is 1.73 bits per heavy atom. The lowest BCUT2D eigenvalue weighted by atomic mass is 10.1. The Labute approximate surface area is 242 Å². The van der Waals surface area contributed by atoms with E-state index in [4.69, 9.17) is 15.2 Å². The van der Waals surface area contributed by atoms with E-state index in [1.54, 1.807) is 24.3 Å². The zero-order valence-corrected chi connectivity index (χ0v) is 24.5. The second kappa shape index (κ2) is 18.4. The van der Waals surface area contributed by atoms with E-state index in [0.717, 1.165) is 57.1 Å². The molecule has 0 aliphatic carbocycles. The number of amides is 1. The lowest BCUT2D eigenvalue weighted by molar-refractivity contribution is -0.142. The van der Waals surface area contributed by atoms with E-state index >= 15 is 0 Å². The molecule has 2 aromatic rings. The number of aromatic hydroxyl groups is 1. The fourth-order valence-corrected chi connectivity index (χ4v) is 5.09. The van der Waals surface area contributed by atoms with Crippen LogP contribution in [0.15, 0.2) is 47.4 Å². The molecule has 2 rings (SSSR count). The Morgan fingerprint density at radius 3 is 2.46 bits per heavy atom. The highest BCUT2D eigenvalue weighted by molar-refractivity contribution is 7.89. The number of aryl methyl sites for hydroxylation is 1. The molecule has 1 amide bonds. The first-order valence-corrected chi connectivity index (χ1v) is 15.4. The first kappa shape index (κ1) is 34.2. The number of rotatable bonds is 21. The fraction of sp³-hybridized carbons (Fsp3) is 0.517. The molecule has 12 heteroatoms. The first-order valence-electron chi connectivity index (χ1n) is 13.9. The second-order valence-electron chi connectivity index (χ2n) is 9.81. The summed E-state index contributed by atoms with van der Waals surface area (Å²) in [6.45, 7) is 3.33. The molecule has 11 nitrogen and oxygen atoms in total. The maximum atomic E-state index is 12.2. The lowest BCUT2D eigenvalue weighted by Gasteiger charge is -2.14. The minimum absolute atomic E-state index is 0.0217. The molecular weight excluding hydrogens is 550 g/mol. The SMILES string of the molecule is CC(=O)OCc1cc([C@@H](O)CNCCCCCCOCCCCc2cccc(S(=O)(=O)NCC(N)=O)c2)ccc1O. The molecule has 0 aliphatic heterocycles. The average molecular weight is 594 g/mol. The van der Waals surface area contributed by atoms with Crippen molar-refractivity contribution in [3.63, 3.8) is 0 Å². The predicted molar refractivity (Wildman–Crippen MR) is 154 cm³/mol. The molecule has 0 unspecified atom stereocenters. The first-order chi connectivity index (χ1) is 19.6. The minimum atomic E-state index is -3.77. The third-order valence-electron chi connectivity index (χ3n) is 6.30. The van der Waals surface area contributed by atoms with Crippen molar-refractivity contribution in [2.24, 2.45) is 5.73 Å². The number of primary amides is 1. The Morgan fingerprint density at radius 1 is 1.00 bits per heavy atom. The number of aliphatic hydroxyl groups is 1. The van der Waals surface area contributed by atoms with Crippen molar-refractivity contribution in [2.75, 3.05) is 32.8 Å². The molecule has 0 heterocycles. The number of nitrogens with two attached hydrogens (primary N) is 1. The summed E-state index contributed by atoms with van der Waals surface area (Å²) >= 11 is 0. The van der Waals surface area contributed by atoms with Crippen molar-refractivity contribution in [3.8, 4) is 5.75 Å². The van der Waals surface area contributed by atoms with E-state index in [0.29, 0.717) is 30.9 Å². The number of aliphatic hydroxyl groups excluding tert-OH is 1. The van der Waals surface area contributed by atoms with Crippen LogP contribution in [0.4, 0.5) is 0 Å². The molecule has 0 saturated carbocycles. The monoisotopic (exact) mass is 593 g/mol. The zero-order chi connectivity index (χ0) is 30.1. The average Bonchev–Trinajstić information content (AvgIpc) is 2.94. The third-order valence-corrected chi connectivity index (χ3v) is 7.70. The number of nitrogens with one attached hydrogen (secondary N) is 2. The van der Waals surface area contributed by atoms with Crippen molar-refractivity contribution < 1.29 is 37.7 Å². The van der Waals surface area contributed by atoms with Crippen LogP contribution in [0, 0.1) is 0 Å². The van der Waals surface area contributed by atoms with Crippen molar-refractivity contribution in [3.05, 3.63) is 59.2 Å². The lowest BCUT2D eigenvalue weighted by Crippen LogP contribution is -2.33. The summed E-state index contributed by atoms with van der Waals surface area (Å²) in [5, 5.41) is 23.5. The van der Waals surface area contributed by atoms with Crippen molar-refractivity contribution in [1.29, 1.82) is 0 Å². The van der Waals surface area contributed by atoms with Crippen molar-refractivity contribution >= 4 is 21.9 Å². The predicted octanol–water partition coefficient (Wildman–Crippen LogP) is 2.44. The van der Waals surface area contributed by atoms with E-state index in [9.17, 15) is 28.2 Å². The van der Waals surface area contributed by atoms with Gasteiger partial charge in [0, 0.05) is 32.2 Å². The molecule has 0 spiro atoms. The molecule has 1 atom stereocenters. The van der Waals surface area contributed by atoms with Gasteiger partial charge in [-0.05, 0) is 74.0 Å². The summed E-state index contributed by atoms with van der Waals surface area (Å²) in [6.07, 6.45) is 5.78. The highest BCUT2D eigenvalue weighted by Gasteiger charge is 2.15. The number of ether oxygens (including phenoxy) is 2. The van der Waals surface area contributed by atoms with E-state index in [2.05, 4.69) is 10.0 Å². The van der Waals surface area contributed by atoms with E-state index < -0.39 is 34.5 Å². The van der Waals surface area contributed by atoms with Gasteiger partial charge in [0.15, 0.2) is 0 Å². The summed E-state index contributed by atoms with van der Waals surface area (Å²) < 4.78 is 37.3. The number of phenolic OH excluding ortho intramolecular Hbond substituents is 1. The molecule has 0 bridgehead atoms. The second-order valence-corrected chi connectivity index (χ2v) is 11.6. The molecule has 6 N–H and O–H groups in total. The highest BCUT2D eigenvalue weighted by Crippen LogP contribution is 2.23. The van der Waals surface area contributed by atoms with Crippen LogP contribution in [0.5, 0.6) is 5.75 Å². The summed E-state index contributed by atoms with van der Waals surface area (Å²) in [5.74, 6) is -1.15. The quantitative estimate of drug-likeness (QED) is 0.107. The number of phenols is 1. The molecule has 0 fully saturated rings. The molecule has 0 aliphatic rings. The standard InChI is InChI=1S/C29H43N3O8S/c1-22(33)40-21-25-18-24(12-13-27(25)34)28(35)19-31-14-5-2-3-6-15-39-16-7-4-9-23-10-8-11-26(17-23)41(37,38)32-20-29(30)36/h8,10-13,17-18,28,31-32,34-35H,2-7,9,14-16,19-21H2,1H3,(H2,30,36)/t28-/m0/s1. The fourth-order valence-electron chi connectivity index (χ4n) is 4.02. The van der Waals surface area contributed by atoms with Gasteiger partial charge < -0.3 is 30.7 Å². The van der Waals surface area contributed by atoms with Crippen LogP contribution >= 0.6 is 0 Å². The highest BCUT2D eigenvalue weighted by atomic mass is 32.2. The van der Waals surface area contributed by atoms with Gasteiger partial charge in [0.1, 0.15) is 12.4 Å². The van der Waals surface area contributed by atoms with Crippen LogP contribution in [0.25, 0.3) is 0 Å². The Bertz CT molecular complexity index is 1210. The molecule has 0 aromatic heterocycles. The minimum Gasteiger partial charge on any atom is -0.508 e. The number of sulfonamides is 1. The van der Waals surface area contributed by atoms with Gasteiger partial charge in [-0.25, -0.2) is 13.1 Å². The van der Waals surface area contributed by atoms with E-state index in [1.165, 1.54) is 19.1 Å². The Balaban J connectivity index is 1.49. The summed E-state index contributed by atoms with van der Waals surface area (Å²) in [4.78, 5) is 22.0. The number of esters is 1. The number of hydrogen-bond donors (Lipinski definition) is 5. The summed E-state index contributed by atoms with van der Waals surface area (Å²) in [7, 11) is -3.77. The smallest absolute Gasteiger partial charge is 0.302 e. The summed E-state index contributed by atoms with van der Waals surface area (Å²) in [6, 6.07) is 11.4. The largest absolute Gasteiger partial charge is 0.508 e. The van der Waals surface area contributed by atoms with Crippen LogP contribution in [0.3, 0.4) is 0 Å². The van der Waals surface area contributed by atoms with E-state index in [1.807, 2.05) is 6.07 Å². The normalized spacial score (nSPS) is 12.2. The Hall–Kier alpha value is -3.03. The van der Waals surface area contributed by atoms with Crippen LogP contribution in [-0.4, -0.2) is 63.4 Å². The van der Waals surface area contributed by atoms with Gasteiger partial charge in [-0.3, -0.25) is 9.59 Å². The van der Waals surface area contributed by atoms with Gasteiger partial charge in [0.25, 0.3) is 0 Å². The molecular formula is C29H43N3O8S. The van der Waals surface area contributed by atoms with Gasteiger partial charge in [0.2, 0.25) is 15.9 Å². The van der Waals surface area contributed by atoms with Gasteiger partial charge in [-0.15, -0.1) is 0 Å². The van der Waals surface area contributed by atoms with Gasteiger partial charge in [0.05, 0.1) is 17.5 Å². The number of carbonyl (C=O) groups is 2. The van der Waals surface area contributed by atoms with Crippen LogP contribution in [0.1, 0.15) is 68.2 Å². The van der Waals surface area contributed by atoms with Crippen molar-refractivity contribution in [1.82, 2.24) is 10.0 Å². The molecule has 41 heavy (non-hydrogen) atoms. The van der Waals surface area contributed by atoms with Crippen molar-refractivity contribution in [2.45, 2.75) is 69.5 Å².